The van der Waals surface area contributed by atoms with E-state index < -0.39 is 5.97 Å². The molecule has 0 amide bonds. The van der Waals surface area contributed by atoms with Crippen LogP contribution in [0.25, 0.3) is 28.2 Å². The van der Waals surface area contributed by atoms with Crippen LogP contribution >= 0.6 is 0 Å². The van der Waals surface area contributed by atoms with E-state index in [1.165, 1.54) is 0 Å². The molecule has 0 atom stereocenters. The van der Waals surface area contributed by atoms with Crippen LogP contribution in [0.4, 0.5) is 0 Å². The van der Waals surface area contributed by atoms with Crippen molar-refractivity contribution in [2.75, 3.05) is 6.61 Å². The first kappa shape index (κ1) is 19.7. The topological polar surface area (TPSA) is 78.8 Å². The summed E-state index contributed by atoms with van der Waals surface area (Å²) in [6.45, 7) is 5.81. The van der Waals surface area contributed by atoms with Crippen LogP contribution in [0.1, 0.15) is 12.5 Å². The number of hydrogen-bond acceptors (Lipinski definition) is 4. The van der Waals surface area contributed by atoms with Crippen molar-refractivity contribution in [1.29, 1.82) is 10.5 Å². The molecule has 1 aromatic heterocycles. The molecule has 0 aliphatic rings. The summed E-state index contributed by atoms with van der Waals surface area (Å²) in [4.78, 5) is 11.8. The highest BCUT2D eigenvalue weighted by Gasteiger charge is 2.18. The molecular weight excluding hydrogens is 362 g/mol. The number of esters is 1. The zero-order chi connectivity index (χ0) is 20.8. The minimum Gasteiger partial charge on any atom is -0.460 e. The van der Waals surface area contributed by atoms with Crippen LogP contribution < -0.4 is 0 Å². The van der Waals surface area contributed by atoms with E-state index >= 15 is 0 Å². The van der Waals surface area contributed by atoms with Gasteiger partial charge < -0.3 is 9.30 Å². The zero-order valence-electron chi connectivity index (χ0n) is 16.1. The first-order chi connectivity index (χ1) is 14.1. The molecule has 0 fully saturated rings. The van der Waals surface area contributed by atoms with Crippen LogP contribution in [0, 0.1) is 22.7 Å². The number of hydrogen-bond donors (Lipinski definition) is 0. The average Bonchev–Trinajstić information content (AvgIpc) is 3.05. The molecule has 0 spiro atoms. The standard InChI is InChI=1S/C24H19N3O2/c1-17(2)24(28)29-13-12-27-22-11-7-6-10-20(22)21(14-18(15-25)16-26)23(27)19-8-4-3-5-9-19/h3-11,14H,1,12-13H2,2H3. The van der Waals surface area contributed by atoms with Crippen molar-refractivity contribution in [1.82, 2.24) is 4.57 Å². The molecule has 0 saturated carbocycles. The Bertz CT molecular complexity index is 1170. The summed E-state index contributed by atoms with van der Waals surface area (Å²) in [5, 5.41) is 19.5. The molecule has 3 rings (SSSR count). The highest BCUT2D eigenvalue weighted by atomic mass is 16.5. The van der Waals surface area contributed by atoms with Crippen LogP contribution in [-0.2, 0) is 16.1 Å². The van der Waals surface area contributed by atoms with Gasteiger partial charge in [-0.1, -0.05) is 55.1 Å². The van der Waals surface area contributed by atoms with Gasteiger partial charge in [-0.05, 0) is 24.6 Å². The quantitative estimate of drug-likeness (QED) is 0.347. The maximum Gasteiger partial charge on any atom is 0.333 e. The lowest BCUT2D eigenvalue weighted by atomic mass is 10.0. The van der Waals surface area contributed by atoms with E-state index in [0.29, 0.717) is 12.1 Å². The maximum atomic E-state index is 11.8. The van der Waals surface area contributed by atoms with Crippen LogP contribution in [0.15, 0.2) is 72.3 Å². The molecule has 142 valence electrons. The molecule has 29 heavy (non-hydrogen) atoms. The molecule has 0 aliphatic heterocycles. The third kappa shape index (κ3) is 4.10. The number of nitrogens with zero attached hydrogens (tertiary/aromatic N) is 3. The second-order valence-electron chi connectivity index (χ2n) is 6.49. The van der Waals surface area contributed by atoms with Gasteiger partial charge in [0.15, 0.2) is 0 Å². The van der Waals surface area contributed by atoms with Gasteiger partial charge in [0.05, 0.1) is 12.2 Å². The van der Waals surface area contributed by atoms with Gasteiger partial charge in [-0.15, -0.1) is 0 Å². The minimum absolute atomic E-state index is 0.0267. The first-order valence-electron chi connectivity index (χ1n) is 9.08. The summed E-state index contributed by atoms with van der Waals surface area (Å²) < 4.78 is 7.35. The molecule has 0 radical (unpaired) electrons. The lowest BCUT2D eigenvalue weighted by Gasteiger charge is -2.12. The summed E-state index contributed by atoms with van der Waals surface area (Å²) in [7, 11) is 0. The molecule has 1 heterocycles. The summed E-state index contributed by atoms with van der Waals surface area (Å²) in [5.74, 6) is -0.431. The van der Waals surface area contributed by atoms with Gasteiger partial charge in [-0.3, -0.25) is 0 Å². The highest BCUT2D eigenvalue weighted by molar-refractivity contribution is 5.98. The van der Waals surface area contributed by atoms with Crippen molar-refractivity contribution in [2.45, 2.75) is 13.5 Å². The SMILES string of the molecule is C=C(C)C(=O)OCCn1c(-c2ccccc2)c(C=C(C#N)C#N)c2ccccc21. The number of benzene rings is 2. The fraction of sp³-hybridized carbons (Fsp3) is 0.125. The molecular formula is C24H19N3O2. The number of aromatic nitrogens is 1. The molecule has 3 aromatic rings. The number of rotatable bonds is 6. The van der Waals surface area contributed by atoms with E-state index in [2.05, 4.69) is 11.1 Å². The van der Waals surface area contributed by atoms with Crippen LogP contribution in [0.5, 0.6) is 0 Å². The second kappa shape index (κ2) is 8.73. The lowest BCUT2D eigenvalue weighted by Crippen LogP contribution is -2.12. The van der Waals surface area contributed by atoms with Crippen LogP contribution in [0.3, 0.4) is 0 Å². The Hall–Kier alpha value is -4.09. The fourth-order valence-electron chi connectivity index (χ4n) is 3.20. The lowest BCUT2D eigenvalue weighted by molar-refractivity contribution is -0.139. The number of ether oxygens (including phenoxy) is 1. The Balaban J connectivity index is 2.20. The third-order valence-corrected chi connectivity index (χ3v) is 4.48. The van der Waals surface area contributed by atoms with Crippen molar-refractivity contribution in [3.8, 4) is 23.4 Å². The predicted octanol–water partition coefficient (Wildman–Crippen LogP) is 4.86. The third-order valence-electron chi connectivity index (χ3n) is 4.48. The maximum absolute atomic E-state index is 11.8. The molecule has 0 saturated heterocycles. The Labute approximate surface area is 169 Å². The Kier molecular flexibility index (Phi) is 5.92. The van der Waals surface area contributed by atoms with Crippen LogP contribution in [-0.4, -0.2) is 17.1 Å². The van der Waals surface area contributed by atoms with Gasteiger partial charge in [-0.25, -0.2) is 4.79 Å². The number of carbonyl (C=O) groups is 1. The minimum atomic E-state index is -0.431. The molecule has 5 nitrogen and oxygen atoms in total. The number of fused-ring (bicyclic) bond motifs is 1. The van der Waals surface area contributed by atoms with E-state index in [1.54, 1.807) is 13.0 Å². The number of nitriles is 2. The molecule has 0 bridgehead atoms. The van der Waals surface area contributed by atoms with E-state index in [4.69, 9.17) is 4.74 Å². The highest BCUT2D eigenvalue weighted by Crippen LogP contribution is 2.35. The predicted molar refractivity (Wildman–Crippen MR) is 112 cm³/mol. The first-order valence-corrected chi connectivity index (χ1v) is 9.08. The van der Waals surface area contributed by atoms with Crippen molar-refractivity contribution < 1.29 is 9.53 Å². The Morgan fingerprint density at radius 3 is 2.41 bits per heavy atom. The van der Waals surface area contributed by atoms with Gasteiger partial charge in [0.1, 0.15) is 24.3 Å². The molecule has 2 aromatic carbocycles. The summed E-state index contributed by atoms with van der Waals surface area (Å²) in [5.41, 5.74) is 3.90. The van der Waals surface area contributed by atoms with E-state index in [1.807, 2.05) is 66.7 Å². The molecule has 5 heteroatoms. The fourth-order valence-corrected chi connectivity index (χ4v) is 3.20. The smallest absolute Gasteiger partial charge is 0.333 e. The van der Waals surface area contributed by atoms with E-state index in [9.17, 15) is 15.3 Å². The van der Waals surface area contributed by atoms with Gasteiger partial charge in [0, 0.05) is 22.0 Å². The molecule has 0 N–H and O–H groups in total. The number of allylic oxidation sites excluding steroid dienone is 1. The zero-order valence-corrected chi connectivity index (χ0v) is 16.1. The largest absolute Gasteiger partial charge is 0.460 e. The summed E-state index contributed by atoms with van der Waals surface area (Å²) >= 11 is 0. The van der Waals surface area contributed by atoms with Crippen LogP contribution in [0.2, 0.25) is 0 Å². The molecule has 0 unspecified atom stereocenters. The summed E-state index contributed by atoms with van der Waals surface area (Å²) in [6.07, 6.45) is 1.61. The number of para-hydroxylation sites is 1. The van der Waals surface area contributed by atoms with Crippen molar-refractivity contribution in [3.63, 3.8) is 0 Å². The normalized spacial score (nSPS) is 10.0. The molecule has 0 aliphatic carbocycles. The van der Waals surface area contributed by atoms with Crippen molar-refractivity contribution >= 4 is 22.9 Å². The van der Waals surface area contributed by atoms with Gasteiger partial charge in [-0.2, -0.15) is 10.5 Å². The van der Waals surface area contributed by atoms with Gasteiger partial charge in [0.2, 0.25) is 0 Å². The Morgan fingerprint density at radius 1 is 1.10 bits per heavy atom. The van der Waals surface area contributed by atoms with Gasteiger partial charge >= 0.3 is 5.97 Å². The van der Waals surface area contributed by atoms with Gasteiger partial charge in [0.25, 0.3) is 0 Å². The average molecular weight is 381 g/mol. The van der Waals surface area contributed by atoms with E-state index in [0.717, 1.165) is 27.7 Å². The van der Waals surface area contributed by atoms with E-state index in [-0.39, 0.29) is 12.2 Å². The van der Waals surface area contributed by atoms with Crippen molar-refractivity contribution in [2.24, 2.45) is 0 Å². The summed E-state index contributed by atoms with van der Waals surface area (Å²) in [6, 6.07) is 21.4. The number of carbonyl (C=O) groups excluding carboxylic acids is 1. The second-order valence-corrected chi connectivity index (χ2v) is 6.49. The van der Waals surface area contributed by atoms with Crippen molar-refractivity contribution in [3.05, 3.63) is 77.9 Å². The monoisotopic (exact) mass is 381 g/mol. The Morgan fingerprint density at radius 2 is 1.76 bits per heavy atom.